The Bertz CT molecular complexity index is 549. The van der Waals surface area contributed by atoms with E-state index >= 15 is 0 Å². The number of rotatable bonds is 3. The predicted molar refractivity (Wildman–Crippen MR) is 75.0 cm³/mol. The van der Waals surface area contributed by atoms with Crippen LogP contribution in [0.1, 0.15) is 25.1 Å². The number of aryl methyl sites for hydroxylation is 2. The maximum absolute atomic E-state index is 6.27. The maximum Gasteiger partial charge on any atom is 0.0912 e. The molecule has 1 heterocycles. The molecule has 90 valence electrons. The Labute approximate surface area is 107 Å². The van der Waals surface area contributed by atoms with E-state index in [2.05, 4.69) is 43.2 Å². The average Bonchev–Trinajstić information content (AvgIpc) is 2.30. The van der Waals surface area contributed by atoms with E-state index in [-0.39, 0.29) is 0 Å². The van der Waals surface area contributed by atoms with Gasteiger partial charge in [-0.15, -0.1) is 0 Å². The van der Waals surface area contributed by atoms with Crippen LogP contribution >= 0.6 is 11.6 Å². The highest BCUT2D eigenvalue weighted by molar-refractivity contribution is 6.35. The van der Waals surface area contributed by atoms with Crippen molar-refractivity contribution >= 4 is 28.2 Å². The molecular weight excluding hydrogens is 232 g/mol. The van der Waals surface area contributed by atoms with Crippen LogP contribution in [0.4, 0.5) is 5.69 Å². The summed E-state index contributed by atoms with van der Waals surface area (Å²) in [6, 6.07) is 6.21. The zero-order valence-corrected chi connectivity index (χ0v) is 11.2. The summed E-state index contributed by atoms with van der Waals surface area (Å²) in [6.45, 7) is 7.14. The Balaban J connectivity index is 2.76. The molecule has 1 aromatic heterocycles. The molecule has 2 nitrogen and oxygen atoms in total. The topological polar surface area (TPSA) is 24.9 Å². The number of fused-ring (bicyclic) bond motifs is 1. The Hall–Kier alpha value is -1.28. The molecule has 0 saturated heterocycles. The van der Waals surface area contributed by atoms with Crippen LogP contribution in [-0.4, -0.2) is 11.5 Å². The van der Waals surface area contributed by atoms with Gasteiger partial charge in [-0.25, -0.2) is 0 Å². The van der Waals surface area contributed by atoms with Crippen molar-refractivity contribution < 1.29 is 0 Å². The fraction of sp³-hybridized carbons (Fsp3) is 0.357. The van der Waals surface area contributed by atoms with Crippen LogP contribution in [0.5, 0.6) is 0 Å². The zero-order chi connectivity index (χ0) is 12.4. The molecule has 0 unspecified atom stereocenters. The number of nitrogens with one attached hydrogen (secondary N) is 1. The van der Waals surface area contributed by atoms with Gasteiger partial charge >= 0.3 is 0 Å². The summed E-state index contributed by atoms with van der Waals surface area (Å²) in [5.74, 6) is 0. The lowest BCUT2D eigenvalue weighted by Crippen LogP contribution is -2.00. The summed E-state index contributed by atoms with van der Waals surface area (Å²) in [6.07, 6.45) is 0.915. The van der Waals surface area contributed by atoms with Gasteiger partial charge in [-0.05, 0) is 44.0 Å². The number of benzene rings is 1. The number of pyridine rings is 1. The summed E-state index contributed by atoms with van der Waals surface area (Å²) in [5, 5.41) is 5.22. The van der Waals surface area contributed by atoms with E-state index in [0.29, 0.717) is 0 Å². The Morgan fingerprint density at radius 1 is 1.24 bits per heavy atom. The molecule has 0 saturated carbocycles. The fourth-order valence-corrected chi connectivity index (χ4v) is 2.31. The number of nitrogens with zero attached hydrogens (tertiary/aromatic N) is 1. The largest absolute Gasteiger partial charge is 0.385 e. The van der Waals surface area contributed by atoms with Crippen LogP contribution in [0.3, 0.4) is 0 Å². The van der Waals surface area contributed by atoms with Crippen molar-refractivity contribution in [2.24, 2.45) is 0 Å². The van der Waals surface area contributed by atoms with Gasteiger partial charge in [-0.1, -0.05) is 18.5 Å². The smallest absolute Gasteiger partial charge is 0.0912 e. The third-order valence-electron chi connectivity index (χ3n) is 2.79. The minimum Gasteiger partial charge on any atom is -0.385 e. The van der Waals surface area contributed by atoms with E-state index in [0.717, 1.165) is 45.8 Å². The Morgan fingerprint density at radius 3 is 2.65 bits per heavy atom. The molecule has 1 N–H and O–H groups in total. The summed E-state index contributed by atoms with van der Waals surface area (Å²) in [4.78, 5) is 4.61. The van der Waals surface area contributed by atoms with Crippen LogP contribution < -0.4 is 5.32 Å². The van der Waals surface area contributed by atoms with Crippen LogP contribution in [0, 0.1) is 6.92 Å². The molecule has 0 radical (unpaired) electrons. The van der Waals surface area contributed by atoms with Crippen molar-refractivity contribution in [3.8, 4) is 0 Å². The molecule has 3 heteroatoms. The lowest BCUT2D eigenvalue weighted by Gasteiger charge is -2.11. The first-order valence-corrected chi connectivity index (χ1v) is 6.37. The van der Waals surface area contributed by atoms with E-state index in [1.165, 1.54) is 0 Å². The van der Waals surface area contributed by atoms with E-state index < -0.39 is 0 Å². The SMILES string of the molecule is CCNc1cc(CC)nc2c(Cl)cc(C)cc12. The summed E-state index contributed by atoms with van der Waals surface area (Å²) >= 11 is 6.27. The van der Waals surface area contributed by atoms with Gasteiger partial charge in [0.1, 0.15) is 0 Å². The molecule has 17 heavy (non-hydrogen) atoms. The first-order valence-electron chi connectivity index (χ1n) is 5.99. The van der Waals surface area contributed by atoms with Gasteiger partial charge in [0.2, 0.25) is 0 Å². The van der Waals surface area contributed by atoms with Gasteiger partial charge in [0.25, 0.3) is 0 Å². The van der Waals surface area contributed by atoms with Crippen molar-refractivity contribution in [3.63, 3.8) is 0 Å². The molecule has 0 aliphatic carbocycles. The summed E-state index contributed by atoms with van der Waals surface area (Å²) in [7, 11) is 0. The fourth-order valence-electron chi connectivity index (χ4n) is 1.99. The lowest BCUT2D eigenvalue weighted by atomic mass is 10.1. The van der Waals surface area contributed by atoms with E-state index in [9.17, 15) is 0 Å². The first-order chi connectivity index (χ1) is 8.15. The molecule has 1 aromatic carbocycles. The van der Waals surface area contributed by atoms with E-state index in [1.807, 2.05) is 6.07 Å². The molecule has 0 aliphatic rings. The Morgan fingerprint density at radius 2 is 2.00 bits per heavy atom. The van der Waals surface area contributed by atoms with Gasteiger partial charge in [0, 0.05) is 23.3 Å². The van der Waals surface area contributed by atoms with E-state index in [4.69, 9.17) is 11.6 Å². The second-order valence-corrected chi connectivity index (χ2v) is 4.60. The Kier molecular flexibility index (Phi) is 3.53. The minimum absolute atomic E-state index is 0.731. The van der Waals surface area contributed by atoms with Crippen LogP contribution in [-0.2, 0) is 6.42 Å². The van der Waals surface area contributed by atoms with Crippen molar-refractivity contribution in [1.29, 1.82) is 0 Å². The zero-order valence-electron chi connectivity index (χ0n) is 10.5. The molecule has 0 spiro atoms. The highest BCUT2D eigenvalue weighted by Gasteiger charge is 2.08. The molecule has 2 rings (SSSR count). The van der Waals surface area contributed by atoms with Gasteiger partial charge in [0.15, 0.2) is 0 Å². The van der Waals surface area contributed by atoms with Crippen LogP contribution in [0.15, 0.2) is 18.2 Å². The van der Waals surface area contributed by atoms with Crippen molar-refractivity contribution in [2.75, 3.05) is 11.9 Å². The second-order valence-electron chi connectivity index (χ2n) is 4.19. The third-order valence-corrected chi connectivity index (χ3v) is 3.08. The summed E-state index contributed by atoms with van der Waals surface area (Å²) < 4.78 is 0. The average molecular weight is 249 g/mol. The quantitative estimate of drug-likeness (QED) is 0.881. The molecule has 0 amide bonds. The number of halogens is 1. The number of anilines is 1. The molecule has 0 atom stereocenters. The minimum atomic E-state index is 0.731. The van der Waals surface area contributed by atoms with Crippen molar-refractivity contribution in [3.05, 3.63) is 34.5 Å². The van der Waals surface area contributed by atoms with Crippen LogP contribution in [0.2, 0.25) is 5.02 Å². The van der Waals surface area contributed by atoms with E-state index in [1.54, 1.807) is 0 Å². The normalized spacial score (nSPS) is 10.8. The van der Waals surface area contributed by atoms with Crippen LogP contribution in [0.25, 0.3) is 10.9 Å². The number of hydrogen-bond donors (Lipinski definition) is 1. The standard InChI is InChI=1S/C14H17ClN2/c1-4-10-8-13(16-5-2)11-6-9(3)7-12(15)14(11)17-10/h6-8H,4-5H2,1-3H3,(H,16,17). The molecule has 0 bridgehead atoms. The highest BCUT2D eigenvalue weighted by Crippen LogP contribution is 2.30. The van der Waals surface area contributed by atoms with Crippen molar-refractivity contribution in [2.45, 2.75) is 27.2 Å². The number of aromatic nitrogens is 1. The summed E-state index contributed by atoms with van der Waals surface area (Å²) in [5.41, 5.74) is 4.25. The molecular formula is C14H17ClN2. The first kappa shape index (κ1) is 12.2. The molecule has 2 aromatic rings. The second kappa shape index (κ2) is 4.92. The highest BCUT2D eigenvalue weighted by atomic mass is 35.5. The van der Waals surface area contributed by atoms with Gasteiger partial charge in [-0.2, -0.15) is 0 Å². The van der Waals surface area contributed by atoms with Gasteiger partial charge in [-0.3, -0.25) is 4.98 Å². The third kappa shape index (κ3) is 2.37. The molecule has 0 aliphatic heterocycles. The van der Waals surface area contributed by atoms with Crippen molar-refractivity contribution in [1.82, 2.24) is 4.98 Å². The molecule has 0 fully saturated rings. The number of hydrogen-bond acceptors (Lipinski definition) is 2. The maximum atomic E-state index is 6.27. The predicted octanol–water partition coefficient (Wildman–Crippen LogP) is 4.19. The van der Waals surface area contributed by atoms with Gasteiger partial charge in [0.05, 0.1) is 10.5 Å². The van der Waals surface area contributed by atoms with Gasteiger partial charge < -0.3 is 5.32 Å². The lowest BCUT2D eigenvalue weighted by molar-refractivity contribution is 1.05. The monoisotopic (exact) mass is 248 g/mol.